The Kier molecular flexibility index (Phi) is 4.79. The van der Waals surface area contributed by atoms with E-state index >= 15 is 0 Å². The highest BCUT2D eigenvalue weighted by Gasteiger charge is 2.62. The van der Waals surface area contributed by atoms with Crippen LogP contribution < -0.4 is 16.0 Å². The predicted octanol–water partition coefficient (Wildman–Crippen LogP) is 4.63. The first-order valence-electron chi connectivity index (χ1n) is 10.2. The van der Waals surface area contributed by atoms with Crippen LogP contribution in [0, 0.1) is 0 Å². The summed E-state index contributed by atoms with van der Waals surface area (Å²) in [5.74, 6) is -0.389. The number of carbonyl (C=O) groups excluding carboxylic acids is 2. The molecule has 2 heterocycles. The van der Waals surface area contributed by atoms with Gasteiger partial charge >= 0.3 is 12.2 Å². The standard InChI is InChI=1S/C23H18ClF3N4O2/c24-14-6-7-16-15(8-14)17(9-18(29-16)23(25,26)27)28-12-21(13-4-2-1-3-5-13)10-22(11-21)19(32)30-20(33)31-22/h1-9H,10-12H2,(H,28,29)(H2,30,31,32,33). The monoisotopic (exact) mass is 474 g/mol. The number of amides is 3. The van der Waals surface area contributed by atoms with Gasteiger partial charge in [0, 0.05) is 28.1 Å². The van der Waals surface area contributed by atoms with Gasteiger partial charge in [-0.2, -0.15) is 13.2 Å². The second-order valence-corrected chi connectivity index (χ2v) is 8.99. The van der Waals surface area contributed by atoms with Crippen molar-refractivity contribution >= 4 is 40.1 Å². The fourth-order valence-corrected chi connectivity index (χ4v) is 5.03. The topological polar surface area (TPSA) is 83.1 Å². The molecule has 1 aromatic heterocycles. The highest BCUT2D eigenvalue weighted by molar-refractivity contribution is 6.31. The lowest BCUT2D eigenvalue weighted by molar-refractivity contribution is -0.141. The lowest BCUT2D eigenvalue weighted by Crippen LogP contribution is -2.66. The van der Waals surface area contributed by atoms with Crippen molar-refractivity contribution in [2.75, 3.05) is 11.9 Å². The van der Waals surface area contributed by atoms with Gasteiger partial charge in [-0.3, -0.25) is 10.1 Å². The van der Waals surface area contributed by atoms with Crippen molar-refractivity contribution in [1.82, 2.24) is 15.6 Å². The number of rotatable bonds is 4. The minimum absolute atomic E-state index is 0.165. The van der Waals surface area contributed by atoms with Crippen LogP contribution in [0.1, 0.15) is 24.1 Å². The molecule has 3 amide bonds. The third-order valence-corrected chi connectivity index (χ3v) is 6.59. The normalized spacial score (nSPS) is 24.5. The molecular formula is C23H18ClF3N4O2. The number of fused-ring (bicyclic) bond motifs is 1. The maximum Gasteiger partial charge on any atom is 0.433 e. The number of carbonyl (C=O) groups is 2. The molecule has 6 nitrogen and oxygen atoms in total. The van der Waals surface area contributed by atoms with Gasteiger partial charge in [-0.25, -0.2) is 9.78 Å². The van der Waals surface area contributed by atoms with Gasteiger partial charge in [-0.05, 0) is 42.7 Å². The minimum atomic E-state index is -4.62. The fourth-order valence-electron chi connectivity index (χ4n) is 4.86. The lowest BCUT2D eigenvalue weighted by atomic mass is 9.54. The Bertz CT molecular complexity index is 1270. The molecule has 0 atom stereocenters. The summed E-state index contributed by atoms with van der Waals surface area (Å²) in [5.41, 5.74) is -1.28. The largest absolute Gasteiger partial charge is 0.433 e. The van der Waals surface area contributed by atoms with E-state index in [1.54, 1.807) is 6.07 Å². The summed E-state index contributed by atoms with van der Waals surface area (Å²) < 4.78 is 40.4. The Labute approximate surface area is 191 Å². The minimum Gasteiger partial charge on any atom is -0.384 e. The van der Waals surface area contributed by atoms with Crippen LogP contribution in [0.4, 0.5) is 23.7 Å². The van der Waals surface area contributed by atoms with E-state index in [0.29, 0.717) is 23.3 Å². The number of imide groups is 1. The molecule has 2 fully saturated rings. The van der Waals surface area contributed by atoms with Gasteiger partial charge in [-0.15, -0.1) is 0 Å². The summed E-state index contributed by atoms with van der Waals surface area (Å²) >= 11 is 6.09. The molecule has 10 heteroatoms. The van der Waals surface area contributed by atoms with Gasteiger partial charge in [0.05, 0.1) is 5.52 Å². The van der Waals surface area contributed by atoms with Gasteiger partial charge in [0.15, 0.2) is 0 Å². The molecule has 0 bridgehead atoms. The Hall–Kier alpha value is -3.33. The molecule has 1 aliphatic heterocycles. The molecule has 1 spiro atoms. The number of aromatic nitrogens is 1. The average molecular weight is 475 g/mol. The average Bonchev–Trinajstić information content (AvgIpc) is 3.04. The molecular weight excluding hydrogens is 457 g/mol. The summed E-state index contributed by atoms with van der Waals surface area (Å²) in [7, 11) is 0. The Morgan fingerprint density at radius 3 is 2.42 bits per heavy atom. The van der Waals surface area contributed by atoms with E-state index in [1.165, 1.54) is 12.1 Å². The van der Waals surface area contributed by atoms with Crippen molar-refractivity contribution in [2.45, 2.75) is 30.0 Å². The summed E-state index contributed by atoms with van der Waals surface area (Å²) in [4.78, 5) is 27.8. The van der Waals surface area contributed by atoms with Gasteiger partial charge < -0.3 is 10.6 Å². The zero-order valence-corrected chi connectivity index (χ0v) is 17.8. The molecule has 170 valence electrons. The molecule has 1 saturated carbocycles. The smallest absolute Gasteiger partial charge is 0.384 e. The SMILES string of the molecule is O=C1NC(=O)C2(CC(CNc3cc(C(F)(F)F)nc4ccc(Cl)cc34)(c3ccccc3)C2)N1. The maximum atomic E-state index is 13.5. The van der Waals surface area contributed by atoms with Crippen molar-refractivity contribution in [1.29, 1.82) is 0 Å². The Balaban J connectivity index is 1.52. The number of pyridine rings is 1. The molecule has 3 N–H and O–H groups in total. The number of benzene rings is 2. The lowest BCUT2D eigenvalue weighted by Gasteiger charge is -2.53. The second-order valence-electron chi connectivity index (χ2n) is 8.56. The van der Waals surface area contributed by atoms with Gasteiger partial charge in [0.1, 0.15) is 11.2 Å². The molecule has 2 aliphatic rings. The number of urea groups is 1. The first-order chi connectivity index (χ1) is 15.6. The molecule has 5 rings (SSSR count). The third kappa shape index (κ3) is 3.66. The Morgan fingerprint density at radius 2 is 1.79 bits per heavy atom. The van der Waals surface area contributed by atoms with E-state index in [0.717, 1.165) is 11.6 Å². The van der Waals surface area contributed by atoms with Crippen LogP contribution in [0.3, 0.4) is 0 Å². The molecule has 1 aliphatic carbocycles. The molecule has 33 heavy (non-hydrogen) atoms. The maximum absolute atomic E-state index is 13.5. The number of alkyl halides is 3. The van der Waals surface area contributed by atoms with Crippen LogP contribution >= 0.6 is 11.6 Å². The van der Waals surface area contributed by atoms with Gasteiger partial charge in [-0.1, -0.05) is 41.9 Å². The van der Waals surface area contributed by atoms with Crippen molar-refractivity contribution in [3.8, 4) is 0 Å². The van der Waals surface area contributed by atoms with Crippen molar-refractivity contribution < 1.29 is 22.8 Å². The predicted molar refractivity (Wildman–Crippen MR) is 117 cm³/mol. The first-order valence-corrected chi connectivity index (χ1v) is 10.6. The zero-order chi connectivity index (χ0) is 23.4. The Morgan fingerprint density at radius 1 is 1.06 bits per heavy atom. The van der Waals surface area contributed by atoms with Crippen LogP contribution in [0.5, 0.6) is 0 Å². The number of hydrogen-bond donors (Lipinski definition) is 3. The summed E-state index contributed by atoms with van der Waals surface area (Å²) in [5, 5.41) is 8.96. The van der Waals surface area contributed by atoms with Crippen LogP contribution in [0.15, 0.2) is 54.6 Å². The van der Waals surface area contributed by atoms with E-state index in [9.17, 15) is 22.8 Å². The van der Waals surface area contributed by atoms with E-state index in [1.807, 2.05) is 30.3 Å². The van der Waals surface area contributed by atoms with Crippen LogP contribution in [0.25, 0.3) is 10.9 Å². The van der Waals surface area contributed by atoms with Crippen molar-refractivity contribution in [3.05, 3.63) is 70.9 Å². The van der Waals surface area contributed by atoms with Crippen molar-refractivity contribution in [2.24, 2.45) is 0 Å². The quantitative estimate of drug-likeness (QED) is 0.481. The van der Waals surface area contributed by atoms with E-state index in [4.69, 9.17) is 11.6 Å². The van der Waals surface area contributed by atoms with Crippen molar-refractivity contribution in [3.63, 3.8) is 0 Å². The van der Waals surface area contributed by atoms with Crippen LogP contribution in [-0.4, -0.2) is 29.0 Å². The van der Waals surface area contributed by atoms with E-state index in [-0.39, 0.29) is 23.7 Å². The second kappa shape index (κ2) is 7.34. The molecule has 2 aromatic carbocycles. The number of nitrogens with one attached hydrogen (secondary N) is 3. The first kappa shape index (κ1) is 21.5. The van der Waals surface area contributed by atoms with E-state index < -0.39 is 28.9 Å². The number of anilines is 1. The molecule has 3 aromatic rings. The molecule has 0 radical (unpaired) electrons. The number of nitrogens with zero attached hydrogens (tertiary/aromatic N) is 1. The van der Waals surface area contributed by atoms with E-state index in [2.05, 4.69) is 20.9 Å². The molecule has 1 saturated heterocycles. The summed E-state index contributed by atoms with van der Waals surface area (Å²) in [6.07, 6.45) is -4.00. The van der Waals surface area contributed by atoms with Crippen LogP contribution in [0.2, 0.25) is 5.02 Å². The highest BCUT2D eigenvalue weighted by Crippen LogP contribution is 2.51. The number of hydrogen-bond acceptors (Lipinski definition) is 4. The summed E-state index contributed by atoms with van der Waals surface area (Å²) in [6, 6.07) is 14.3. The summed E-state index contributed by atoms with van der Waals surface area (Å²) in [6.45, 7) is 0.241. The van der Waals surface area contributed by atoms with Gasteiger partial charge in [0.2, 0.25) is 0 Å². The highest BCUT2D eigenvalue weighted by atomic mass is 35.5. The fraction of sp³-hybridized carbons (Fsp3) is 0.261. The van der Waals surface area contributed by atoms with Gasteiger partial charge in [0.25, 0.3) is 5.91 Å². The third-order valence-electron chi connectivity index (χ3n) is 6.36. The van der Waals surface area contributed by atoms with Crippen LogP contribution in [-0.2, 0) is 16.4 Å². The number of halogens is 4. The zero-order valence-electron chi connectivity index (χ0n) is 17.1. The molecule has 0 unspecified atom stereocenters.